The lowest BCUT2D eigenvalue weighted by atomic mass is 9.96. The van der Waals surface area contributed by atoms with Gasteiger partial charge in [-0.05, 0) is 68.5 Å². The molecule has 7 heteroatoms. The molecule has 0 aromatic heterocycles. The highest BCUT2D eigenvalue weighted by Gasteiger charge is 2.33. The maximum Gasteiger partial charge on any atom is 0.256 e. The molecule has 3 rings (SSSR count). The first-order chi connectivity index (χ1) is 13.7. The fourth-order valence-corrected chi connectivity index (χ4v) is 3.68. The third kappa shape index (κ3) is 5.06. The van der Waals surface area contributed by atoms with Crippen LogP contribution >= 0.6 is 11.6 Å². The van der Waals surface area contributed by atoms with E-state index in [-0.39, 0.29) is 18.7 Å². The third-order valence-electron chi connectivity index (χ3n) is 5.28. The standard InChI is InChI=1S/C22H24ClF2NO3/c1-14-10-17(11-15(2)20(14)23)29-13-22(28)6-3-8-26(9-7-22)21(27)18-5-4-16(24)12-19(18)25/h4-5,10-12,28H,3,6-9,13H2,1-2H3. The van der Waals surface area contributed by atoms with Gasteiger partial charge in [-0.15, -0.1) is 0 Å². The Bertz CT molecular complexity index is 898. The van der Waals surface area contributed by atoms with Crippen molar-refractivity contribution >= 4 is 17.5 Å². The number of ether oxygens (including phenoxy) is 1. The van der Waals surface area contributed by atoms with Crippen molar-refractivity contribution in [3.8, 4) is 5.75 Å². The molecule has 1 atom stereocenters. The van der Waals surface area contributed by atoms with Gasteiger partial charge < -0.3 is 14.7 Å². The van der Waals surface area contributed by atoms with E-state index in [4.69, 9.17) is 16.3 Å². The average molecular weight is 424 g/mol. The molecule has 1 aliphatic heterocycles. The number of halogens is 3. The number of carbonyl (C=O) groups is 1. The van der Waals surface area contributed by atoms with E-state index in [0.29, 0.717) is 42.6 Å². The minimum atomic E-state index is -1.10. The fourth-order valence-electron chi connectivity index (χ4n) is 3.57. The normalized spacial score (nSPS) is 19.7. The summed E-state index contributed by atoms with van der Waals surface area (Å²) in [5.74, 6) is -1.49. The van der Waals surface area contributed by atoms with Crippen LogP contribution in [0.15, 0.2) is 30.3 Å². The van der Waals surface area contributed by atoms with Gasteiger partial charge in [0.1, 0.15) is 29.6 Å². The lowest BCUT2D eigenvalue weighted by molar-refractivity contribution is -0.0163. The first-order valence-corrected chi connectivity index (χ1v) is 9.92. The van der Waals surface area contributed by atoms with Gasteiger partial charge in [0.25, 0.3) is 5.91 Å². The molecule has 2 aromatic carbocycles. The number of aliphatic hydroxyl groups is 1. The van der Waals surface area contributed by atoms with Gasteiger partial charge in [-0.3, -0.25) is 4.79 Å². The average Bonchev–Trinajstić information content (AvgIpc) is 2.86. The van der Waals surface area contributed by atoms with E-state index in [9.17, 15) is 18.7 Å². The minimum Gasteiger partial charge on any atom is -0.491 e. The Morgan fingerprint density at radius 1 is 1.17 bits per heavy atom. The monoisotopic (exact) mass is 423 g/mol. The molecule has 1 amide bonds. The molecule has 1 fully saturated rings. The van der Waals surface area contributed by atoms with Crippen molar-refractivity contribution in [3.63, 3.8) is 0 Å². The van der Waals surface area contributed by atoms with Gasteiger partial charge in [0, 0.05) is 24.2 Å². The quantitative estimate of drug-likeness (QED) is 0.777. The Morgan fingerprint density at radius 2 is 1.86 bits per heavy atom. The van der Waals surface area contributed by atoms with E-state index in [1.165, 1.54) is 4.90 Å². The summed E-state index contributed by atoms with van der Waals surface area (Å²) in [4.78, 5) is 14.1. The van der Waals surface area contributed by atoms with Crippen LogP contribution in [0.5, 0.6) is 5.75 Å². The summed E-state index contributed by atoms with van der Waals surface area (Å²) >= 11 is 6.17. The molecule has 1 unspecified atom stereocenters. The second kappa shape index (κ2) is 8.67. The lowest BCUT2D eigenvalue weighted by Crippen LogP contribution is -2.38. The van der Waals surface area contributed by atoms with E-state index in [0.717, 1.165) is 23.3 Å². The van der Waals surface area contributed by atoms with Crippen molar-refractivity contribution < 1.29 is 23.4 Å². The Balaban J connectivity index is 1.64. The van der Waals surface area contributed by atoms with E-state index < -0.39 is 23.1 Å². The van der Waals surface area contributed by atoms with Gasteiger partial charge >= 0.3 is 0 Å². The Hall–Kier alpha value is -2.18. The number of aryl methyl sites for hydroxylation is 2. The highest BCUT2D eigenvalue weighted by atomic mass is 35.5. The van der Waals surface area contributed by atoms with Crippen molar-refractivity contribution in [2.75, 3.05) is 19.7 Å². The second-order valence-electron chi connectivity index (χ2n) is 7.65. The van der Waals surface area contributed by atoms with Crippen LogP contribution in [-0.2, 0) is 0 Å². The zero-order chi connectivity index (χ0) is 21.2. The predicted molar refractivity (Wildman–Crippen MR) is 107 cm³/mol. The summed E-state index contributed by atoms with van der Waals surface area (Å²) in [5.41, 5.74) is 0.526. The van der Waals surface area contributed by atoms with Crippen LogP contribution in [0.3, 0.4) is 0 Å². The molecule has 156 valence electrons. The zero-order valence-electron chi connectivity index (χ0n) is 16.5. The Labute approximate surface area is 174 Å². The molecule has 1 N–H and O–H groups in total. The highest BCUT2D eigenvalue weighted by molar-refractivity contribution is 6.32. The molecular weight excluding hydrogens is 400 g/mol. The second-order valence-corrected chi connectivity index (χ2v) is 8.03. The smallest absolute Gasteiger partial charge is 0.256 e. The molecule has 0 aliphatic carbocycles. The maximum atomic E-state index is 13.9. The van der Waals surface area contributed by atoms with E-state index in [1.54, 1.807) is 0 Å². The van der Waals surface area contributed by atoms with Crippen LogP contribution in [0.4, 0.5) is 8.78 Å². The molecule has 1 aliphatic rings. The number of hydrogen-bond acceptors (Lipinski definition) is 3. The van der Waals surface area contributed by atoms with Crippen LogP contribution < -0.4 is 4.74 Å². The minimum absolute atomic E-state index is 0.0838. The van der Waals surface area contributed by atoms with E-state index >= 15 is 0 Å². The molecule has 0 spiro atoms. The topological polar surface area (TPSA) is 49.8 Å². The van der Waals surface area contributed by atoms with Crippen molar-refractivity contribution in [3.05, 3.63) is 63.7 Å². The lowest BCUT2D eigenvalue weighted by Gasteiger charge is -2.27. The first kappa shape index (κ1) is 21.5. The van der Waals surface area contributed by atoms with Crippen LogP contribution in [0.25, 0.3) is 0 Å². The Morgan fingerprint density at radius 3 is 2.52 bits per heavy atom. The van der Waals surface area contributed by atoms with Gasteiger partial charge in [0.05, 0.1) is 5.56 Å². The number of benzene rings is 2. The number of carbonyl (C=O) groups excluding carboxylic acids is 1. The molecule has 2 aromatic rings. The van der Waals surface area contributed by atoms with Crippen molar-refractivity contribution in [2.45, 2.75) is 38.7 Å². The van der Waals surface area contributed by atoms with Crippen LogP contribution in [0, 0.1) is 25.5 Å². The molecule has 0 bridgehead atoms. The summed E-state index contributed by atoms with van der Waals surface area (Å²) in [7, 11) is 0. The van der Waals surface area contributed by atoms with Gasteiger partial charge in [0.15, 0.2) is 0 Å². The molecule has 29 heavy (non-hydrogen) atoms. The van der Waals surface area contributed by atoms with Crippen molar-refractivity contribution in [1.82, 2.24) is 4.90 Å². The number of amides is 1. The number of rotatable bonds is 4. The van der Waals surface area contributed by atoms with E-state index in [1.807, 2.05) is 26.0 Å². The number of likely N-dealkylation sites (tertiary alicyclic amines) is 1. The van der Waals surface area contributed by atoms with Gasteiger partial charge in [-0.2, -0.15) is 0 Å². The highest BCUT2D eigenvalue weighted by Crippen LogP contribution is 2.29. The summed E-state index contributed by atoms with van der Waals surface area (Å²) < 4.78 is 32.9. The van der Waals surface area contributed by atoms with E-state index in [2.05, 4.69) is 0 Å². The third-order valence-corrected chi connectivity index (χ3v) is 5.88. The van der Waals surface area contributed by atoms with Crippen molar-refractivity contribution in [2.24, 2.45) is 0 Å². The summed E-state index contributed by atoms with van der Waals surface area (Å²) in [6, 6.07) is 6.56. The summed E-state index contributed by atoms with van der Waals surface area (Å²) in [6.45, 7) is 4.51. The van der Waals surface area contributed by atoms with Crippen LogP contribution in [-0.4, -0.2) is 41.2 Å². The van der Waals surface area contributed by atoms with Crippen LogP contribution in [0.2, 0.25) is 5.02 Å². The van der Waals surface area contributed by atoms with Crippen molar-refractivity contribution in [1.29, 1.82) is 0 Å². The first-order valence-electron chi connectivity index (χ1n) is 9.55. The largest absolute Gasteiger partial charge is 0.491 e. The summed E-state index contributed by atoms with van der Waals surface area (Å²) in [6.07, 6.45) is 1.30. The molecule has 4 nitrogen and oxygen atoms in total. The molecule has 1 heterocycles. The maximum absolute atomic E-state index is 13.9. The molecular formula is C22H24ClF2NO3. The van der Waals surface area contributed by atoms with Gasteiger partial charge in [-0.25, -0.2) is 8.78 Å². The zero-order valence-corrected chi connectivity index (χ0v) is 17.2. The van der Waals surface area contributed by atoms with Gasteiger partial charge in [-0.1, -0.05) is 11.6 Å². The molecule has 1 saturated heterocycles. The van der Waals surface area contributed by atoms with Crippen LogP contribution in [0.1, 0.15) is 40.7 Å². The predicted octanol–water partition coefficient (Wildman–Crippen LogP) is 4.67. The number of hydrogen-bond donors (Lipinski definition) is 1. The number of nitrogens with zero attached hydrogens (tertiary/aromatic N) is 1. The molecule has 0 saturated carbocycles. The summed E-state index contributed by atoms with van der Waals surface area (Å²) in [5, 5.41) is 11.6. The van der Waals surface area contributed by atoms with Gasteiger partial charge in [0.2, 0.25) is 0 Å². The SMILES string of the molecule is Cc1cc(OCC2(O)CCCN(C(=O)c3ccc(F)cc3F)CC2)cc(C)c1Cl. The fraction of sp³-hybridized carbons (Fsp3) is 0.409. The molecule has 0 radical (unpaired) electrons. The Kier molecular flexibility index (Phi) is 6.44.